The van der Waals surface area contributed by atoms with Crippen molar-refractivity contribution in [2.75, 3.05) is 16.8 Å². The van der Waals surface area contributed by atoms with E-state index in [2.05, 4.69) is 5.32 Å². The fraction of sp³-hybridized carbons (Fsp3) is 0.471. The lowest BCUT2D eigenvalue weighted by Gasteiger charge is -2.15. The lowest BCUT2D eigenvalue weighted by Crippen LogP contribution is -2.30. The second-order valence-corrected chi connectivity index (χ2v) is 8.46. The van der Waals surface area contributed by atoms with Gasteiger partial charge in [0.15, 0.2) is 21.7 Å². The van der Waals surface area contributed by atoms with Crippen molar-refractivity contribution in [2.24, 2.45) is 5.92 Å². The van der Waals surface area contributed by atoms with Gasteiger partial charge in [-0.05, 0) is 50.5 Å². The zero-order valence-corrected chi connectivity index (χ0v) is 15.0. The van der Waals surface area contributed by atoms with Gasteiger partial charge in [0.25, 0.3) is 5.91 Å². The molecule has 7 nitrogen and oxygen atoms in total. The van der Waals surface area contributed by atoms with Crippen LogP contribution in [0.25, 0.3) is 0 Å². The van der Waals surface area contributed by atoms with E-state index in [0.29, 0.717) is 17.7 Å². The van der Waals surface area contributed by atoms with Crippen molar-refractivity contribution >= 4 is 33.2 Å². The van der Waals surface area contributed by atoms with Gasteiger partial charge in [-0.1, -0.05) is 0 Å². The number of sulfone groups is 1. The number of ketones is 1. The minimum atomic E-state index is -3.05. The van der Waals surface area contributed by atoms with Gasteiger partial charge in [-0.25, -0.2) is 8.42 Å². The summed E-state index contributed by atoms with van der Waals surface area (Å²) in [6.45, 7) is 2.90. The first-order valence-corrected chi connectivity index (χ1v) is 9.80. The number of esters is 1. The quantitative estimate of drug-likeness (QED) is 0.604. The normalized spacial score (nSPS) is 19.8. The molecule has 2 atom stereocenters. The molecule has 1 amide bonds. The van der Waals surface area contributed by atoms with Crippen LogP contribution in [-0.2, 0) is 24.2 Å². The number of carbonyl (C=O) groups excluding carboxylic acids is 3. The number of hydrogen-bond donors (Lipinski definition) is 1. The van der Waals surface area contributed by atoms with E-state index in [1.807, 2.05) is 0 Å². The van der Waals surface area contributed by atoms with Gasteiger partial charge in [0.2, 0.25) is 0 Å². The van der Waals surface area contributed by atoms with E-state index >= 15 is 0 Å². The highest BCUT2D eigenvalue weighted by Crippen LogP contribution is 2.22. The number of carbonyl (C=O) groups is 3. The van der Waals surface area contributed by atoms with Crippen molar-refractivity contribution in [3.05, 3.63) is 29.8 Å². The molecule has 1 aromatic rings. The highest BCUT2D eigenvalue weighted by atomic mass is 32.2. The Morgan fingerprint density at radius 2 is 1.88 bits per heavy atom. The number of Topliss-reactive ketones (excluding diaryl/α,β-unsaturated/α-hetero) is 1. The van der Waals surface area contributed by atoms with Gasteiger partial charge in [-0.15, -0.1) is 0 Å². The predicted octanol–water partition coefficient (Wildman–Crippen LogP) is 1.58. The van der Waals surface area contributed by atoms with Crippen LogP contribution in [0.1, 0.15) is 37.0 Å². The number of benzene rings is 1. The average Bonchev–Trinajstić information content (AvgIpc) is 2.86. The second kappa shape index (κ2) is 7.77. The molecule has 8 heteroatoms. The van der Waals surface area contributed by atoms with E-state index in [4.69, 9.17) is 4.74 Å². The largest absolute Gasteiger partial charge is 0.453 e. The fourth-order valence-electron chi connectivity index (χ4n) is 2.60. The van der Waals surface area contributed by atoms with Crippen molar-refractivity contribution < 1.29 is 27.5 Å². The molecule has 0 aliphatic carbocycles. The maximum atomic E-state index is 12.1. The van der Waals surface area contributed by atoms with Crippen LogP contribution in [-0.4, -0.2) is 43.7 Å². The van der Waals surface area contributed by atoms with E-state index in [9.17, 15) is 22.8 Å². The number of amides is 1. The molecule has 1 N–H and O–H groups in total. The van der Waals surface area contributed by atoms with E-state index in [0.717, 1.165) is 0 Å². The zero-order chi connectivity index (χ0) is 18.6. The number of anilines is 1. The summed E-state index contributed by atoms with van der Waals surface area (Å²) in [5.74, 6) is -1.32. The first-order chi connectivity index (χ1) is 11.7. The Hall–Kier alpha value is -2.22. The number of rotatable bonds is 6. The maximum Gasteiger partial charge on any atom is 0.306 e. The summed E-state index contributed by atoms with van der Waals surface area (Å²) in [4.78, 5) is 35.1. The van der Waals surface area contributed by atoms with Gasteiger partial charge in [0.1, 0.15) is 0 Å². The summed E-state index contributed by atoms with van der Waals surface area (Å²) < 4.78 is 27.8. The van der Waals surface area contributed by atoms with E-state index in [1.54, 1.807) is 24.3 Å². The van der Waals surface area contributed by atoms with Crippen LogP contribution in [0.4, 0.5) is 5.69 Å². The minimum Gasteiger partial charge on any atom is -0.453 e. The van der Waals surface area contributed by atoms with Crippen LogP contribution in [0.3, 0.4) is 0 Å². The van der Waals surface area contributed by atoms with E-state index in [-0.39, 0.29) is 29.6 Å². The molecular formula is C17H21NO6S. The van der Waals surface area contributed by atoms with Crippen LogP contribution in [0, 0.1) is 5.92 Å². The van der Waals surface area contributed by atoms with Gasteiger partial charge < -0.3 is 10.1 Å². The summed E-state index contributed by atoms with van der Waals surface area (Å²) in [6.07, 6.45) is -0.567. The van der Waals surface area contributed by atoms with Crippen LogP contribution in [0.5, 0.6) is 0 Å². The molecule has 1 heterocycles. The Labute approximate surface area is 146 Å². The molecule has 25 heavy (non-hydrogen) atoms. The first-order valence-electron chi connectivity index (χ1n) is 7.98. The topological polar surface area (TPSA) is 107 Å². The first kappa shape index (κ1) is 19.1. The highest BCUT2D eigenvalue weighted by molar-refractivity contribution is 7.91. The van der Waals surface area contributed by atoms with Gasteiger partial charge in [0.05, 0.1) is 11.5 Å². The smallest absolute Gasteiger partial charge is 0.306 e. The SMILES string of the molecule is CC(=O)c1ccc(NC(=O)[C@@H](C)OC(=O)C[C@@H]2CCS(=O)(=O)C2)cc1. The lowest BCUT2D eigenvalue weighted by molar-refractivity contribution is -0.153. The van der Waals surface area contributed by atoms with Crippen molar-refractivity contribution in [3.8, 4) is 0 Å². The minimum absolute atomic E-state index is 0.00876. The van der Waals surface area contributed by atoms with Gasteiger partial charge in [0, 0.05) is 17.7 Å². The number of nitrogens with one attached hydrogen (secondary N) is 1. The predicted molar refractivity (Wildman–Crippen MR) is 92.0 cm³/mol. The van der Waals surface area contributed by atoms with Crippen molar-refractivity contribution in [3.63, 3.8) is 0 Å². The van der Waals surface area contributed by atoms with Gasteiger partial charge in [-0.3, -0.25) is 14.4 Å². The molecule has 1 fully saturated rings. The fourth-order valence-corrected chi connectivity index (χ4v) is 4.46. The van der Waals surface area contributed by atoms with Crippen LogP contribution in [0.15, 0.2) is 24.3 Å². The standard InChI is InChI=1S/C17H21NO6S/c1-11(19)14-3-5-15(6-4-14)18-17(21)12(2)24-16(20)9-13-7-8-25(22,23)10-13/h3-6,12-13H,7-10H2,1-2H3,(H,18,21)/t12-,13+/m1/s1. The lowest BCUT2D eigenvalue weighted by atomic mass is 10.1. The number of hydrogen-bond acceptors (Lipinski definition) is 6. The zero-order valence-electron chi connectivity index (χ0n) is 14.2. The van der Waals surface area contributed by atoms with Crippen LogP contribution < -0.4 is 5.32 Å². The summed E-state index contributed by atoms with van der Waals surface area (Å²) in [7, 11) is -3.05. The average molecular weight is 367 g/mol. The van der Waals surface area contributed by atoms with Crippen LogP contribution >= 0.6 is 0 Å². The molecule has 1 aromatic carbocycles. The molecule has 1 aliphatic rings. The summed E-state index contributed by atoms with van der Waals surface area (Å²) in [6, 6.07) is 6.36. The van der Waals surface area contributed by atoms with E-state index in [1.165, 1.54) is 13.8 Å². The maximum absolute atomic E-state index is 12.1. The third-order valence-electron chi connectivity index (χ3n) is 4.02. The summed E-state index contributed by atoms with van der Waals surface area (Å²) >= 11 is 0. The second-order valence-electron chi connectivity index (χ2n) is 6.23. The van der Waals surface area contributed by atoms with Crippen molar-refractivity contribution in [2.45, 2.75) is 32.8 Å². The Kier molecular flexibility index (Phi) is 5.94. The molecule has 0 unspecified atom stereocenters. The Morgan fingerprint density at radius 3 is 2.40 bits per heavy atom. The molecule has 136 valence electrons. The Morgan fingerprint density at radius 1 is 1.24 bits per heavy atom. The molecule has 0 radical (unpaired) electrons. The molecule has 1 saturated heterocycles. The third kappa shape index (κ3) is 5.67. The van der Waals surface area contributed by atoms with E-state index < -0.39 is 27.8 Å². The summed E-state index contributed by atoms with van der Waals surface area (Å²) in [5, 5.41) is 2.60. The molecule has 0 spiro atoms. The Balaban J connectivity index is 1.83. The van der Waals surface area contributed by atoms with Crippen molar-refractivity contribution in [1.82, 2.24) is 0 Å². The highest BCUT2D eigenvalue weighted by Gasteiger charge is 2.30. The summed E-state index contributed by atoms with van der Waals surface area (Å²) in [5.41, 5.74) is 1.02. The van der Waals surface area contributed by atoms with Crippen molar-refractivity contribution in [1.29, 1.82) is 0 Å². The molecule has 2 rings (SSSR count). The molecule has 1 aliphatic heterocycles. The Bertz CT molecular complexity index is 769. The van der Waals surface area contributed by atoms with Crippen LogP contribution in [0.2, 0.25) is 0 Å². The third-order valence-corrected chi connectivity index (χ3v) is 5.86. The van der Waals surface area contributed by atoms with Gasteiger partial charge >= 0.3 is 5.97 Å². The molecule has 0 bridgehead atoms. The monoisotopic (exact) mass is 367 g/mol. The molecule has 0 aromatic heterocycles. The molecule has 0 saturated carbocycles. The number of ether oxygens (including phenoxy) is 1. The molecular weight excluding hydrogens is 346 g/mol. The van der Waals surface area contributed by atoms with Gasteiger partial charge in [-0.2, -0.15) is 0 Å².